The van der Waals surface area contributed by atoms with Gasteiger partial charge in [0.1, 0.15) is 10.9 Å². The lowest BCUT2D eigenvalue weighted by molar-refractivity contribution is -0.118. The number of fused-ring (bicyclic) bond motifs is 1. The molecule has 1 atom stereocenters. The van der Waals surface area contributed by atoms with E-state index in [1.807, 2.05) is 32.0 Å². The number of thiophene rings is 1. The van der Waals surface area contributed by atoms with Crippen molar-refractivity contribution >= 4 is 39.1 Å². The van der Waals surface area contributed by atoms with Crippen LogP contribution < -0.4 is 16.6 Å². The topological polar surface area (TPSA) is 107 Å². The first-order valence-corrected chi connectivity index (χ1v) is 9.20. The Morgan fingerprint density at radius 2 is 1.96 bits per heavy atom. The molecule has 140 valence electrons. The Morgan fingerprint density at radius 1 is 1.26 bits per heavy atom. The smallest absolute Gasteiger partial charge is 0.263 e. The van der Waals surface area contributed by atoms with Crippen LogP contribution in [0, 0.1) is 20.8 Å². The minimum Gasteiger partial charge on any atom is -0.365 e. The van der Waals surface area contributed by atoms with Gasteiger partial charge >= 0.3 is 0 Å². The van der Waals surface area contributed by atoms with Gasteiger partial charge in [-0.25, -0.2) is 4.98 Å². The van der Waals surface area contributed by atoms with E-state index in [0.717, 1.165) is 22.5 Å². The molecule has 0 bridgehead atoms. The predicted molar refractivity (Wildman–Crippen MR) is 106 cm³/mol. The molecular weight excluding hydrogens is 364 g/mol. The maximum atomic E-state index is 12.9. The fraction of sp³-hybridized carbons (Fsp3) is 0.263. The lowest BCUT2D eigenvalue weighted by atomic mass is 10.1. The number of hydrogen-bond acceptors (Lipinski definition) is 5. The number of nitrogens with zero attached hydrogens (tertiary/aromatic N) is 2. The van der Waals surface area contributed by atoms with Gasteiger partial charge in [-0.05, 0) is 44.9 Å². The zero-order valence-corrected chi connectivity index (χ0v) is 16.3. The molecule has 0 aliphatic heterocycles. The number of carbonyl (C=O) groups excluding carboxylic acids is 2. The van der Waals surface area contributed by atoms with Crippen molar-refractivity contribution in [1.29, 1.82) is 0 Å². The Labute approximate surface area is 159 Å². The molecule has 7 nitrogen and oxygen atoms in total. The van der Waals surface area contributed by atoms with Gasteiger partial charge in [0, 0.05) is 5.69 Å². The lowest BCUT2D eigenvalue weighted by Gasteiger charge is -2.16. The van der Waals surface area contributed by atoms with E-state index in [0.29, 0.717) is 26.3 Å². The summed E-state index contributed by atoms with van der Waals surface area (Å²) in [5, 5.41) is 3.17. The van der Waals surface area contributed by atoms with Crippen LogP contribution in [-0.2, 0) is 4.79 Å². The van der Waals surface area contributed by atoms with Crippen molar-refractivity contribution in [2.45, 2.75) is 33.7 Å². The summed E-state index contributed by atoms with van der Waals surface area (Å²) in [7, 11) is 0. The van der Waals surface area contributed by atoms with E-state index in [-0.39, 0.29) is 11.5 Å². The average Bonchev–Trinajstić information content (AvgIpc) is 2.95. The second kappa shape index (κ2) is 6.96. The highest BCUT2D eigenvalue weighted by Gasteiger charge is 2.22. The van der Waals surface area contributed by atoms with Gasteiger partial charge in [0.25, 0.3) is 11.5 Å². The largest absolute Gasteiger partial charge is 0.365 e. The van der Waals surface area contributed by atoms with E-state index in [9.17, 15) is 14.4 Å². The first-order chi connectivity index (χ1) is 12.7. The standard InChI is InChI=1S/C19H20N4O3S/c1-9-5-6-13(10(2)7-9)22-17(25)12(4)23-8-21-18-14(19(23)26)11(3)15(27-18)16(20)24/h5-8,12H,1-4H3,(H2,20,24)(H,22,25)/t12-/m1/s1. The molecule has 2 aromatic heterocycles. The van der Waals surface area contributed by atoms with Gasteiger partial charge in [0.05, 0.1) is 16.6 Å². The van der Waals surface area contributed by atoms with E-state index in [1.165, 1.54) is 10.9 Å². The molecule has 1 aromatic carbocycles. The minimum absolute atomic E-state index is 0.305. The van der Waals surface area contributed by atoms with Crippen LogP contribution in [0.5, 0.6) is 0 Å². The van der Waals surface area contributed by atoms with Crippen LogP contribution in [0.3, 0.4) is 0 Å². The summed E-state index contributed by atoms with van der Waals surface area (Å²) >= 11 is 1.08. The van der Waals surface area contributed by atoms with Gasteiger partial charge in [-0.2, -0.15) is 0 Å². The van der Waals surface area contributed by atoms with E-state index in [4.69, 9.17) is 5.73 Å². The van der Waals surface area contributed by atoms with Crippen molar-refractivity contribution in [2.75, 3.05) is 5.32 Å². The zero-order valence-electron chi connectivity index (χ0n) is 15.5. The number of rotatable bonds is 4. The number of nitrogens with one attached hydrogen (secondary N) is 1. The molecule has 0 saturated heterocycles. The van der Waals surface area contributed by atoms with Gasteiger partial charge in [0.2, 0.25) is 5.91 Å². The highest BCUT2D eigenvalue weighted by atomic mass is 32.1. The number of hydrogen-bond donors (Lipinski definition) is 2. The summed E-state index contributed by atoms with van der Waals surface area (Å²) < 4.78 is 1.27. The minimum atomic E-state index is -0.772. The summed E-state index contributed by atoms with van der Waals surface area (Å²) in [5.74, 6) is -0.921. The molecule has 2 heterocycles. The summed E-state index contributed by atoms with van der Waals surface area (Å²) in [6.07, 6.45) is 1.33. The Balaban J connectivity index is 1.97. The number of benzene rings is 1. The molecule has 0 unspecified atom stereocenters. The van der Waals surface area contributed by atoms with Crippen molar-refractivity contribution in [3.63, 3.8) is 0 Å². The third-order valence-corrected chi connectivity index (χ3v) is 5.75. The number of aromatic nitrogens is 2. The van der Waals surface area contributed by atoms with Gasteiger partial charge in [-0.1, -0.05) is 17.7 Å². The molecule has 0 spiro atoms. The molecule has 0 fully saturated rings. The second-order valence-corrected chi connectivity index (χ2v) is 7.54. The van der Waals surface area contributed by atoms with Gasteiger partial charge in [-0.15, -0.1) is 11.3 Å². The molecule has 3 N–H and O–H groups in total. The summed E-state index contributed by atoms with van der Waals surface area (Å²) in [6.45, 7) is 7.18. The molecule has 0 aliphatic carbocycles. The van der Waals surface area contributed by atoms with Crippen LogP contribution in [0.15, 0.2) is 29.3 Å². The van der Waals surface area contributed by atoms with Crippen molar-refractivity contribution in [1.82, 2.24) is 9.55 Å². The van der Waals surface area contributed by atoms with E-state index in [1.54, 1.807) is 13.8 Å². The Hall–Kier alpha value is -3.00. The van der Waals surface area contributed by atoms with Crippen LogP contribution >= 0.6 is 11.3 Å². The molecular formula is C19H20N4O3S. The summed E-state index contributed by atoms with van der Waals surface area (Å²) in [6, 6.07) is 4.95. The highest BCUT2D eigenvalue weighted by Crippen LogP contribution is 2.26. The average molecular weight is 384 g/mol. The van der Waals surface area contributed by atoms with Gasteiger partial charge in [0.15, 0.2) is 0 Å². The van der Waals surface area contributed by atoms with Crippen LogP contribution in [0.4, 0.5) is 5.69 Å². The number of amides is 2. The molecule has 3 rings (SSSR count). The van der Waals surface area contributed by atoms with E-state index >= 15 is 0 Å². The Bertz CT molecular complexity index is 1130. The molecule has 3 aromatic rings. The zero-order chi connectivity index (χ0) is 19.9. The van der Waals surface area contributed by atoms with Crippen molar-refractivity contribution in [3.05, 3.63) is 56.4 Å². The first kappa shape index (κ1) is 18.8. The SMILES string of the molecule is Cc1ccc(NC(=O)[C@@H](C)n2cnc3sc(C(N)=O)c(C)c3c2=O)c(C)c1. The maximum Gasteiger partial charge on any atom is 0.263 e. The molecule has 2 amide bonds. The normalized spacial score (nSPS) is 12.1. The number of carbonyl (C=O) groups is 2. The second-order valence-electron chi connectivity index (χ2n) is 6.54. The summed E-state index contributed by atoms with van der Waals surface area (Å²) in [4.78, 5) is 42.1. The van der Waals surface area contributed by atoms with E-state index in [2.05, 4.69) is 10.3 Å². The van der Waals surface area contributed by atoms with Crippen molar-refractivity contribution in [2.24, 2.45) is 5.73 Å². The van der Waals surface area contributed by atoms with Crippen LogP contribution in [-0.4, -0.2) is 21.4 Å². The fourth-order valence-corrected chi connectivity index (χ4v) is 3.96. The van der Waals surface area contributed by atoms with E-state index < -0.39 is 11.9 Å². The highest BCUT2D eigenvalue weighted by molar-refractivity contribution is 7.20. The quantitative estimate of drug-likeness (QED) is 0.721. The molecule has 0 aliphatic rings. The molecule has 0 saturated carbocycles. The Kier molecular flexibility index (Phi) is 4.84. The van der Waals surface area contributed by atoms with Crippen molar-refractivity contribution < 1.29 is 9.59 Å². The van der Waals surface area contributed by atoms with Crippen LogP contribution in [0.2, 0.25) is 0 Å². The predicted octanol–water partition coefficient (Wildman–Crippen LogP) is 2.68. The maximum absolute atomic E-state index is 12.9. The fourth-order valence-electron chi connectivity index (χ4n) is 2.97. The van der Waals surface area contributed by atoms with Crippen LogP contribution in [0.1, 0.15) is 39.3 Å². The number of nitrogens with two attached hydrogens (primary N) is 1. The number of anilines is 1. The molecule has 8 heteroatoms. The van der Waals surface area contributed by atoms with Gasteiger partial charge < -0.3 is 11.1 Å². The third kappa shape index (κ3) is 3.35. The number of primary amides is 1. The monoisotopic (exact) mass is 384 g/mol. The molecule has 27 heavy (non-hydrogen) atoms. The molecule has 0 radical (unpaired) electrons. The first-order valence-electron chi connectivity index (χ1n) is 8.39. The Morgan fingerprint density at radius 3 is 2.59 bits per heavy atom. The lowest BCUT2D eigenvalue weighted by Crippen LogP contribution is -2.32. The van der Waals surface area contributed by atoms with Gasteiger partial charge in [-0.3, -0.25) is 19.0 Å². The third-order valence-electron chi connectivity index (χ3n) is 4.54. The number of aryl methyl sites for hydroxylation is 3. The van der Waals surface area contributed by atoms with Crippen molar-refractivity contribution in [3.8, 4) is 0 Å². The van der Waals surface area contributed by atoms with Crippen LogP contribution in [0.25, 0.3) is 10.2 Å². The summed E-state index contributed by atoms with van der Waals surface area (Å²) in [5.41, 5.74) is 8.22.